The quantitative estimate of drug-likeness (QED) is 0.596. The van der Waals surface area contributed by atoms with Gasteiger partial charge in [-0.25, -0.2) is 0 Å². The zero-order chi connectivity index (χ0) is 7.28. The molecule has 0 aliphatic rings. The second-order valence-electron chi connectivity index (χ2n) is 1.84. The summed E-state index contributed by atoms with van der Waals surface area (Å²) in [6, 6.07) is 0. The largest absolute Gasteiger partial charge is 0.300 e. The van der Waals surface area contributed by atoms with E-state index in [9.17, 15) is 4.79 Å². The van der Waals surface area contributed by atoms with E-state index in [1.165, 1.54) is 6.92 Å². The maximum absolute atomic E-state index is 10.3. The van der Waals surface area contributed by atoms with Crippen molar-refractivity contribution in [2.75, 3.05) is 0 Å². The molecule has 0 aromatic rings. The SMILES string of the molecule is CC(=O)[CH]CC=C(C)Cl. The van der Waals surface area contributed by atoms with Crippen LogP contribution < -0.4 is 0 Å². The molecule has 0 saturated carbocycles. The van der Waals surface area contributed by atoms with E-state index in [0.717, 1.165) is 5.03 Å². The van der Waals surface area contributed by atoms with E-state index < -0.39 is 0 Å². The molecule has 0 unspecified atom stereocenters. The van der Waals surface area contributed by atoms with Crippen LogP contribution in [0.15, 0.2) is 11.1 Å². The van der Waals surface area contributed by atoms with Crippen molar-refractivity contribution < 1.29 is 4.79 Å². The Morgan fingerprint density at radius 3 is 2.44 bits per heavy atom. The van der Waals surface area contributed by atoms with E-state index in [1.54, 1.807) is 19.4 Å². The summed E-state index contributed by atoms with van der Waals surface area (Å²) in [5.41, 5.74) is 0. The van der Waals surface area contributed by atoms with Crippen molar-refractivity contribution in [3.05, 3.63) is 17.5 Å². The average molecular weight is 146 g/mol. The molecular formula is C7H10ClO. The van der Waals surface area contributed by atoms with Gasteiger partial charge in [0.15, 0.2) is 0 Å². The summed E-state index contributed by atoms with van der Waals surface area (Å²) in [5, 5.41) is 0.729. The maximum atomic E-state index is 10.3. The van der Waals surface area contributed by atoms with E-state index in [1.807, 2.05) is 0 Å². The summed E-state index contributed by atoms with van der Waals surface area (Å²) in [4.78, 5) is 10.3. The second-order valence-corrected chi connectivity index (χ2v) is 2.44. The van der Waals surface area contributed by atoms with E-state index in [-0.39, 0.29) is 5.78 Å². The lowest BCUT2D eigenvalue weighted by Gasteiger charge is -1.87. The summed E-state index contributed by atoms with van der Waals surface area (Å²) in [5.74, 6) is 0.0872. The van der Waals surface area contributed by atoms with Gasteiger partial charge in [0.1, 0.15) is 5.78 Å². The van der Waals surface area contributed by atoms with E-state index in [4.69, 9.17) is 11.6 Å². The molecule has 0 aliphatic carbocycles. The highest BCUT2D eigenvalue weighted by Crippen LogP contribution is 2.01. The molecule has 0 spiro atoms. The Labute approximate surface area is 60.7 Å². The van der Waals surface area contributed by atoms with Crippen LogP contribution in [0.5, 0.6) is 0 Å². The highest BCUT2D eigenvalue weighted by atomic mass is 35.5. The highest BCUT2D eigenvalue weighted by Gasteiger charge is 1.89. The number of hydrogen-bond donors (Lipinski definition) is 0. The Morgan fingerprint density at radius 2 is 2.11 bits per heavy atom. The summed E-state index contributed by atoms with van der Waals surface area (Å²) in [6.45, 7) is 3.31. The lowest BCUT2D eigenvalue weighted by Crippen LogP contribution is -1.87. The monoisotopic (exact) mass is 145 g/mol. The lowest BCUT2D eigenvalue weighted by atomic mass is 10.2. The molecule has 0 N–H and O–H groups in total. The Morgan fingerprint density at radius 1 is 1.56 bits per heavy atom. The fourth-order valence-corrected chi connectivity index (χ4v) is 0.476. The van der Waals surface area contributed by atoms with Crippen molar-refractivity contribution in [2.45, 2.75) is 20.3 Å². The number of Topliss-reactive ketones (excluding diaryl/α,β-unsaturated/α-hetero) is 1. The standard InChI is InChI=1S/C7H10ClO/c1-6(8)4-3-5-7(2)9/h4-5H,3H2,1-2H3. The number of halogens is 1. The number of rotatable bonds is 3. The van der Waals surface area contributed by atoms with Crippen LogP contribution in [0, 0.1) is 6.42 Å². The second kappa shape index (κ2) is 4.57. The molecule has 2 heteroatoms. The summed E-state index contributed by atoms with van der Waals surface area (Å²) in [6.07, 6.45) is 4.03. The van der Waals surface area contributed by atoms with Crippen LogP contribution in [-0.2, 0) is 4.79 Å². The van der Waals surface area contributed by atoms with Crippen LogP contribution in [-0.4, -0.2) is 5.78 Å². The normalized spacial score (nSPS) is 11.7. The number of carbonyl (C=O) groups is 1. The highest BCUT2D eigenvalue weighted by molar-refractivity contribution is 6.29. The topological polar surface area (TPSA) is 17.1 Å². The summed E-state index contributed by atoms with van der Waals surface area (Å²) < 4.78 is 0. The van der Waals surface area contributed by atoms with Crippen LogP contribution in [0.1, 0.15) is 20.3 Å². The van der Waals surface area contributed by atoms with Crippen LogP contribution in [0.4, 0.5) is 0 Å². The zero-order valence-electron chi connectivity index (χ0n) is 5.65. The van der Waals surface area contributed by atoms with Crippen LogP contribution in [0.25, 0.3) is 0 Å². The van der Waals surface area contributed by atoms with Crippen molar-refractivity contribution in [3.8, 4) is 0 Å². The van der Waals surface area contributed by atoms with Crippen molar-refractivity contribution in [3.63, 3.8) is 0 Å². The van der Waals surface area contributed by atoms with Crippen LogP contribution in [0.3, 0.4) is 0 Å². The lowest BCUT2D eigenvalue weighted by molar-refractivity contribution is -0.114. The number of ketones is 1. The smallest absolute Gasteiger partial charge is 0.133 e. The summed E-state index contributed by atoms with van der Waals surface area (Å²) >= 11 is 5.49. The predicted octanol–water partition coefficient (Wildman–Crippen LogP) is 2.31. The van der Waals surface area contributed by atoms with Gasteiger partial charge in [-0.2, -0.15) is 0 Å². The summed E-state index contributed by atoms with van der Waals surface area (Å²) in [7, 11) is 0. The Kier molecular flexibility index (Phi) is 4.41. The Hall–Kier alpha value is -0.300. The van der Waals surface area contributed by atoms with Gasteiger partial charge in [-0.1, -0.05) is 17.7 Å². The van der Waals surface area contributed by atoms with Gasteiger partial charge in [-0.15, -0.1) is 0 Å². The van der Waals surface area contributed by atoms with Crippen molar-refractivity contribution >= 4 is 17.4 Å². The van der Waals surface area contributed by atoms with Gasteiger partial charge in [0.05, 0.1) is 0 Å². The molecule has 1 nitrogen and oxygen atoms in total. The minimum Gasteiger partial charge on any atom is -0.300 e. The van der Waals surface area contributed by atoms with Gasteiger partial charge < -0.3 is 0 Å². The third-order valence-electron chi connectivity index (χ3n) is 0.804. The molecule has 9 heavy (non-hydrogen) atoms. The van der Waals surface area contributed by atoms with Gasteiger partial charge in [-0.05, 0) is 20.3 Å². The molecule has 51 valence electrons. The number of carbonyl (C=O) groups excluding carboxylic acids is 1. The molecule has 0 bridgehead atoms. The molecule has 0 aliphatic heterocycles. The van der Waals surface area contributed by atoms with Crippen molar-refractivity contribution in [2.24, 2.45) is 0 Å². The first-order valence-corrected chi connectivity index (χ1v) is 3.16. The van der Waals surface area contributed by atoms with Gasteiger partial charge in [0.2, 0.25) is 0 Å². The Balaban J connectivity index is 3.31. The van der Waals surface area contributed by atoms with E-state index in [0.29, 0.717) is 6.42 Å². The Bertz CT molecular complexity index is 123. The van der Waals surface area contributed by atoms with Crippen LogP contribution >= 0.6 is 11.6 Å². The predicted molar refractivity (Wildman–Crippen MR) is 39.2 cm³/mol. The van der Waals surface area contributed by atoms with E-state index >= 15 is 0 Å². The minimum absolute atomic E-state index is 0.0872. The molecule has 0 atom stereocenters. The zero-order valence-corrected chi connectivity index (χ0v) is 6.40. The first-order valence-electron chi connectivity index (χ1n) is 2.79. The molecule has 0 amide bonds. The van der Waals surface area contributed by atoms with Gasteiger partial charge in [0.25, 0.3) is 0 Å². The number of allylic oxidation sites excluding steroid dienone is 2. The molecule has 0 fully saturated rings. The molecule has 0 aromatic heterocycles. The van der Waals surface area contributed by atoms with Crippen LogP contribution in [0.2, 0.25) is 0 Å². The molecule has 0 aromatic carbocycles. The van der Waals surface area contributed by atoms with Crippen molar-refractivity contribution in [1.29, 1.82) is 0 Å². The van der Waals surface area contributed by atoms with Gasteiger partial charge >= 0.3 is 0 Å². The third-order valence-corrected chi connectivity index (χ3v) is 0.959. The van der Waals surface area contributed by atoms with Gasteiger partial charge in [0, 0.05) is 11.5 Å². The first-order chi connectivity index (χ1) is 4.13. The van der Waals surface area contributed by atoms with Gasteiger partial charge in [-0.3, -0.25) is 4.79 Å². The average Bonchev–Trinajstić information content (AvgIpc) is 1.63. The molecular weight excluding hydrogens is 136 g/mol. The molecule has 0 rings (SSSR count). The molecule has 1 radical (unpaired) electrons. The minimum atomic E-state index is 0.0872. The fourth-order valence-electron chi connectivity index (χ4n) is 0.387. The fraction of sp³-hybridized carbons (Fsp3) is 0.429. The first kappa shape index (κ1) is 8.70. The molecule has 0 saturated heterocycles. The number of hydrogen-bond acceptors (Lipinski definition) is 1. The molecule has 0 heterocycles. The van der Waals surface area contributed by atoms with Crippen molar-refractivity contribution in [1.82, 2.24) is 0 Å². The third kappa shape index (κ3) is 7.70. The van der Waals surface area contributed by atoms with E-state index in [2.05, 4.69) is 0 Å². The maximum Gasteiger partial charge on any atom is 0.133 e.